The van der Waals surface area contributed by atoms with E-state index in [1.54, 1.807) is 12.1 Å². The van der Waals surface area contributed by atoms with Gasteiger partial charge in [-0.1, -0.05) is 15.9 Å². The number of aromatic hydroxyl groups is 1. The van der Waals surface area contributed by atoms with Gasteiger partial charge in [-0.15, -0.1) is 0 Å². The van der Waals surface area contributed by atoms with Crippen LogP contribution in [0.5, 0.6) is 5.75 Å². The van der Waals surface area contributed by atoms with Crippen molar-refractivity contribution >= 4 is 50.5 Å². The van der Waals surface area contributed by atoms with Crippen LogP contribution >= 0.6 is 38.5 Å². The summed E-state index contributed by atoms with van der Waals surface area (Å²) in [6.45, 7) is 0.681. The van der Waals surface area contributed by atoms with Crippen molar-refractivity contribution in [1.29, 1.82) is 5.26 Å². The lowest BCUT2D eigenvalue weighted by atomic mass is 10.1. The fraction of sp³-hybridized carbons (Fsp3) is 0.231. The molecule has 5 nitrogen and oxygen atoms in total. The molecule has 0 saturated heterocycles. The highest BCUT2D eigenvalue weighted by atomic mass is 127. The van der Waals surface area contributed by atoms with E-state index in [4.69, 9.17) is 10.00 Å². The van der Waals surface area contributed by atoms with Gasteiger partial charge in [0.1, 0.15) is 17.4 Å². The van der Waals surface area contributed by atoms with E-state index in [1.807, 2.05) is 28.7 Å². The molecule has 1 amide bonds. The number of halogens is 2. The minimum Gasteiger partial charge on any atom is -0.506 e. The number of hydrogen-bond donors (Lipinski definition) is 2. The lowest BCUT2D eigenvalue weighted by molar-refractivity contribution is -0.117. The maximum Gasteiger partial charge on any atom is 0.262 e. The third-order valence-corrected chi connectivity index (χ3v) is 3.59. The van der Waals surface area contributed by atoms with Gasteiger partial charge in [0.25, 0.3) is 5.91 Å². The molecule has 0 fully saturated rings. The number of methoxy groups -OCH3 is 1. The van der Waals surface area contributed by atoms with Crippen molar-refractivity contribution in [2.75, 3.05) is 20.3 Å². The van der Waals surface area contributed by atoms with Gasteiger partial charge in [-0.3, -0.25) is 4.79 Å². The maximum absolute atomic E-state index is 11.8. The third-order valence-electron chi connectivity index (χ3n) is 2.31. The maximum atomic E-state index is 11.8. The van der Waals surface area contributed by atoms with Gasteiger partial charge in [0.15, 0.2) is 0 Å². The van der Waals surface area contributed by atoms with E-state index >= 15 is 0 Å². The number of phenols is 1. The Balaban J connectivity index is 3.01. The highest BCUT2D eigenvalue weighted by Crippen LogP contribution is 2.30. The van der Waals surface area contributed by atoms with Gasteiger partial charge < -0.3 is 15.2 Å². The van der Waals surface area contributed by atoms with Crippen LogP contribution in [0.25, 0.3) is 6.08 Å². The van der Waals surface area contributed by atoms with Crippen LogP contribution in [-0.4, -0.2) is 31.3 Å². The third kappa shape index (κ3) is 4.77. The van der Waals surface area contributed by atoms with Crippen LogP contribution in [-0.2, 0) is 9.53 Å². The molecule has 20 heavy (non-hydrogen) atoms. The molecule has 0 aliphatic carbocycles. The number of nitrogens with zero attached hydrogens (tertiary/aromatic N) is 1. The molecular weight excluding hydrogens is 439 g/mol. The molecule has 0 atom stereocenters. The first-order valence-electron chi connectivity index (χ1n) is 5.56. The van der Waals surface area contributed by atoms with Crippen LogP contribution in [0.2, 0.25) is 0 Å². The summed E-state index contributed by atoms with van der Waals surface area (Å²) >= 11 is 5.27. The summed E-state index contributed by atoms with van der Waals surface area (Å²) < 4.78 is 6.19. The summed E-state index contributed by atoms with van der Waals surface area (Å²) in [5.74, 6) is -0.467. The Morgan fingerprint density at radius 3 is 2.95 bits per heavy atom. The van der Waals surface area contributed by atoms with E-state index in [2.05, 4.69) is 21.2 Å². The van der Waals surface area contributed by atoms with Crippen molar-refractivity contribution in [3.8, 4) is 11.8 Å². The topological polar surface area (TPSA) is 82.3 Å². The minimum atomic E-state index is -0.501. The van der Waals surface area contributed by atoms with Crippen LogP contribution < -0.4 is 5.32 Å². The summed E-state index contributed by atoms with van der Waals surface area (Å²) in [7, 11) is 1.52. The van der Waals surface area contributed by atoms with Crippen LogP contribution in [0.15, 0.2) is 22.2 Å². The first-order chi connectivity index (χ1) is 9.49. The van der Waals surface area contributed by atoms with Gasteiger partial charge in [0.2, 0.25) is 0 Å². The Labute approximate surface area is 138 Å². The first kappa shape index (κ1) is 16.9. The molecule has 0 spiro atoms. The predicted molar refractivity (Wildman–Crippen MR) is 87.0 cm³/mol. The summed E-state index contributed by atoms with van der Waals surface area (Å²) in [5, 5.41) is 21.5. The number of nitrogens with one attached hydrogen (secondary N) is 1. The van der Waals surface area contributed by atoms with E-state index in [1.165, 1.54) is 13.2 Å². The molecule has 1 aromatic rings. The Kier molecular flexibility index (Phi) is 6.98. The Morgan fingerprint density at radius 1 is 1.65 bits per heavy atom. The molecule has 0 radical (unpaired) electrons. The van der Waals surface area contributed by atoms with Crippen LogP contribution in [0.3, 0.4) is 0 Å². The average Bonchev–Trinajstić information content (AvgIpc) is 2.41. The number of carbonyl (C=O) groups is 1. The van der Waals surface area contributed by atoms with Crippen LogP contribution in [0.4, 0.5) is 0 Å². The molecule has 1 aromatic carbocycles. The second kappa shape index (κ2) is 8.24. The molecule has 0 saturated carbocycles. The predicted octanol–water partition coefficient (Wildman–Crippen LogP) is 2.43. The summed E-state index contributed by atoms with van der Waals surface area (Å²) in [6.07, 6.45) is 1.35. The van der Waals surface area contributed by atoms with Gasteiger partial charge in [-0.2, -0.15) is 5.26 Å². The zero-order valence-corrected chi connectivity index (χ0v) is 14.4. The molecule has 0 bridgehead atoms. The van der Waals surface area contributed by atoms with Crippen LogP contribution in [0.1, 0.15) is 5.56 Å². The zero-order valence-electron chi connectivity index (χ0n) is 10.6. The van der Waals surface area contributed by atoms with E-state index in [-0.39, 0.29) is 11.3 Å². The van der Waals surface area contributed by atoms with E-state index in [9.17, 15) is 9.90 Å². The van der Waals surface area contributed by atoms with Gasteiger partial charge in [-0.05, 0) is 40.8 Å². The molecule has 1 rings (SSSR count). The quantitative estimate of drug-likeness (QED) is 0.312. The van der Waals surface area contributed by atoms with E-state index in [0.29, 0.717) is 22.3 Å². The Morgan fingerprint density at radius 2 is 2.35 bits per heavy atom. The molecule has 0 aliphatic heterocycles. The van der Waals surface area contributed by atoms with Gasteiger partial charge >= 0.3 is 0 Å². The van der Waals surface area contributed by atoms with Crippen molar-refractivity contribution in [2.45, 2.75) is 0 Å². The van der Waals surface area contributed by atoms with Gasteiger partial charge in [-0.25, -0.2) is 0 Å². The second-order valence-electron chi connectivity index (χ2n) is 3.74. The SMILES string of the molecule is COCCNC(=O)/C(C#N)=C/c1cc(Br)cc(I)c1O. The van der Waals surface area contributed by atoms with E-state index in [0.717, 1.165) is 4.47 Å². The fourth-order valence-corrected chi connectivity index (χ4v) is 2.91. The molecule has 2 N–H and O–H groups in total. The normalized spacial score (nSPS) is 11.0. The minimum absolute atomic E-state index is 0.0336. The number of phenolic OH excluding ortho intramolecular Hbond substituents is 1. The smallest absolute Gasteiger partial charge is 0.262 e. The second-order valence-corrected chi connectivity index (χ2v) is 5.82. The van der Waals surface area contributed by atoms with Crippen LogP contribution in [0, 0.1) is 14.9 Å². The van der Waals surface area contributed by atoms with Crippen molar-refractivity contribution in [2.24, 2.45) is 0 Å². The number of carbonyl (C=O) groups excluding carboxylic acids is 1. The number of rotatable bonds is 5. The molecule has 0 heterocycles. The molecule has 0 aromatic heterocycles. The summed E-state index contributed by atoms with van der Waals surface area (Å²) in [6, 6.07) is 5.19. The Hall–Kier alpha value is -1.11. The summed E-state index contributed by atoms with van der Waals surface area (Å²) in [5.41, 5.74) is 0.326. The summed E-state index contributed by atoms with van der Waals surface area (Å²) in [4.78, 5) is 11.8. The number of amides is 1. The molecule has 0 aliphatic rings. The highest BCUT2D eigenvalue weighted by molar-refractivity contribution is 14.1. The number of nitriles is 1. The van der Waals surface area contributed by atoms with Crippen molar-refractivity contribution < 1.29 is 14.6 Å². The standard InChI is InChI=1S/C13H12BrIN2O3/c1-20-3-2-17-13(19)9(7-16)4-8-5-10(14)6-11(15)12(8)18/h4-6,18H,2-3H2,1H3,(H,17,19)/b9-4+. The lowest BCUT2D eigenvalue weighted by Crippen LogP contribution is -2.27. The molecule has 106 valence electrons. The number of benzene rings is 1. The van der Waals surface area contributed by atoms with Gasteiger partial charge in [0.05, 0.1) is 10.2 Å². The van der Waals surface area contributed by atoms with Crippen molar-refractivity contribution in [3.63, 3.8) is 0 Å². The average molecular weight is 451 g/mol. The van der Waals surface area contributed by atoms with E-state index < -0.39 is 5.91 Å². The van der Waals surface area contributed by atoms with Crippen molar-refractivity contribution in [3.05, 3.63) is 31.3 Å². The largest absolute Gasteiger partial charge is 0.506 e. The fourth-order valence-electron chi connectivity index (χ4n) is 1.36. The number of ether oxygens (including phenoxy) is 1. The molecule has 7 heteroatoms. The zero-order chi connectivity index (χ0) is 15.1. The highest BCUT2D eigenvalue weighted by Gasteiger charge is 2.11. The first-order valence-corrected chi connectivity index (χ1v) is 7.43. The molecular formula is C13H12BrIN2O3. The van der Waals surface area contributed by atoms with Crippen molar-refractivity contribution in [1.82, 2.24) is 5.32 Å². The van der Waals surface area contributed by atoms with Gasteiger partial charge in [0, 0.05) is 23.7 Å². The molecule has 0 unspecified atom stereocenters. The number of hydrogen-bond acceptors (Lipinski definition) is 4. The Bertz CT molecular complexity index is 582. The monoisotopic (exact) mass is 450 g/mol. The lowest BCUT2D eigenvalue weighted by Gasteiger charge is -2.06.